The number of halogens is 2. The van der Waals surface area contributed by atoms with Crippen LogP contribution in [0.3, 0.4) is 0 Å². The predicted octanol–water partition coefficient (Wildman–Crippen LogP) is 4.05. The summed E-state index contributed by atoms with van der Waals surface area (Å²) in [5.41, 5.74) is 1.74. The molecule has 0 saturated heterocycles. The van der Waals surface area contributed by atoms with E-state index < -0.39 is 0 Å². The van der Waals surface area contributed by atoms with Crippen LogP contribution in [0.4, 0.5) is 0 Å². The van der Waals surface area contributed by atoms with Crippen molar-refractivity contribution in [2.24, 2.45) is 0 Å². The number of hydrogen-bond acceptors (Lipinski definition) is 3. The third-order valence-electron chi connectivity index (χ3n) is 3.27. The van der Waals surface area contributed by atoms with Crippen molar-refractivity contribution in [3.63, 3.8) is 0 Å². The molecular weight excluding hydrogens is 337 g/mol. The fourth-order valence-electron chi connectivity index (χ4n) is 2.09. The summed E-state index contributed by atoms with van der Waals surface area (Å²) in [5.74, 6) is 1.22. The van der Waals surface area contributed by atoms with Crippen LogP contribution in [-0.2, 0) is 11.3 Å². The van der Waals surface area contributed by atoms with Gasteiger partial charge in [-0.3, -0.25) is 4.79 Å². The minimum atomic E-state index is -0.200. The molecule has 0 radical (unpaired) electrons. The van der Waals surface area contributed by atoms with E-state index >= 15 is 0 Å². The summed E-state index contributed by atoms with van der Waals surface area (Å²) < 4.78 is 10.5. The maximum absolute atomic E-state index is 11.9. The lowest BCUT2D eigenvalue weighted by atomic mass is 10.2. The molecule has 0 bridgehead atoms. The fraction of sp³-hybridized carbons (Fsp3) is 0.118. The monoisotopic (exact) mass is 349 g/mol. The molecule has 6 heteroatoms. The van der Waals surface area contributed by atoms with Gasteiger partial charge in [-0.1, -0.05) is 35.3 Å². The number of ether oxygens (including phenoxy) is 2. The molecule has 0 saturated carbocycles. The zero-order chi connectivity index (χ0) is 16.2. The molecule has 1 heterocycles. The van der Waals surface area contributed by atoms with E-state index in [1.807, 2.05) is 18.2 Å². The highest BCUT2D eigenvalue weighted by Crippen LogP contribution is 2.32. The molecule has 0 unspecified atom stereocenters. The van der Waals surface area contributed by atoms with Crippen molar-refractivity contribution in [1.29, 1.82) is 0 Å². The van der Waals surface area contributed by atoms with Gasteiger partial charge in [0.05, 0.1) is 10.0 Å². The van der Waals surface area contributed by atoms with Crippen molar-refractivity contribution in [2.75, 3.05) is 6.79 Å². The molecule has 0 aromatic heterocycles. The highest BCUT2D eigenvalue weighted by molar-refractivity contribution is 6.42. The van der Waals surface area contributed by atoms with Crippen LogP contribution < -0.4 is 14.8 Å². The second-order valence-corrected chi connectivity index (χ2v) is 5.73. The Morgan fingerprint density at radius 2 is 1.91 bits per heavy atom. The van der Waals surface area contributed by atoms with E-state index in [0.717, 1.165) is 16.9 Å². The van der Waals surface area contributed by atoms with Crippen LogP contribution in [0.1, 0.15) is 11.1 Å². The van der Waals surface area contributed by atoms with Crippen molar-refractivity contribution in [3.8, 4) is 11.5 Å². The summed E-state index contributed by atoms with van der Waals surface area (Å²) in [6.45, 7) is 0.638. The topological polar surface area (TPSA) is 47.6 Å². The molecule has 0 atom stereocenters. The second-order valence-electron chi connectivity index (χ2n) is 4.91. The third-order valence-corrected chi connectivity index (χ3v) is 4.01. The molecule has 3 rings (SSSR count). The van der Waals surface area contributed by atoms with Gasteiger partial charge in [0.2, 0.25) is 12.7 Å². The van der Waals surface area contributed by atoms with Gasteiger partial charge in [0.1, 0.15) is 0 Å². The number of amides is 1. The van der Waals surface area contributed by atoms with Gasteiger partial charge < -0.3 is 14.8 Å². The highest BCUT2D eigenvalue weighted by atomic mass is 35.5. The molecular formula is C17H13Cl2NO3. The van der Waals surface area contributed by atoms with Gasteiger partial charge in [0.15, 0.2) is 11.5 Å². The van der Waals surface area contributed by atoms with E-state index in [4.69, 9.17) is 32.7 Å². The Balaban J connectivity index is 1.57. The van der Waals surface area contributed by atoms with E-state index in [-0.39, 0.29) is 12.7 Å². The van der Waals surface area contributed by atoms with Crippen LogP contribution in [0.15, 0.2) is 42.5 Å². The fourth-order valence-corrected chi connectivity index (χ4v) is 2.39. The summed E-state index contributed by atoms with van der Waals surface area (Å²) in [4.78, 5) is 11.9. The molecule has 1 amide bonds. The largest absolute Gasteiger partial charge is 0.454 e. The number of hydrogen-bond donors (Lipinski definition) is 1. The standard InChI is InChI=1S/C17H13Cl2NO3/c18-13-4-1-11(7-14(13)19)3-6-17(21)20-9-12-2-5-15-16(8-12)23-10-22-15/h1-8H,9-10H2,(H,20,21)/b6-3+. The lowest BCUT2D eigenvalue weighted by molar-refractivity contribution is -0.116. The summed E-state index contributed by atoms with van der Waals surface area (Å²) in [7, 11) is 0. The summed E-state index contributed by atoms with van der Waals surface area (Å²) in [6.07, 6.45) is 3.13. The van der Waals surface area contributed by atoms with Crippen molar-refractivity contribution < 1.29 is 14.3 Å². The van der Waals surface area contributed by atoms with E-state index in [9.17, 15) is 4.79 Å². The Bertz CT molecular complexity index is 774. The SMILES string of the molecule is O=C(/C=C/c1ccc(Cl)c(Cl)c1)NCc1ccc2c(c1)OCO2. The Morgan fingerprint density at radius 1 is 1.09 bits per heavy atom. The third kappa shape index (κ3) is 3.97. The van der Waals surface area contributed by atoms with Crippen LogP contribution in [-0.4, -0.2) is 12.7 Å². The Hall–Kier alpha value is -2.17. The van der Waals surface area contributed by atoms with E-state index in [2.05, 4.69) is 5.32 Å². The average Bonchev–Trinajstić information content (AvgIpc) is 3.01. The Morgan fingerprint density at radius 3 is 2.74 bits per heavy atom. The average molecular weight is 350 g/mol. The minimum Gasteiger partial charge on any atom is -0.454 e. The minimum absolute atomic E-state index is 0.200. The lowest BCUT2D eigenvalue weighted by Gasteiger charge is -2.04. The Kier molecular flexibility index (Phi) is 4.74. The van der Waals surface area contributed by atoms with Gasteiger partial charge >= 0.3 is 0 Å². The molecule has 0 aliphatic carbocycles. The van der Waals surface area contributed by atoms with Crippen LogP contribution in [0.5, 0.6) is 11.5 Å². The van der Waals surface area contributed by atoms with E-state index in [1.165, 1.54) is 6.08 Å². The molecule has 118 valence electrons. The quantitative estimate of drug-likeness (QED) is 0.847. The van der Waals surface area contributed by atoms with Crippen molar-refractivity contribution in [2.45, 2.75) is 6.54 Å². The zero-order valence-corrected chi connectivity index (χ0v) is 13.5. The predicted molar refractivity (Wildman–Crippen MR) is 89.9 cm³/mol. The number of carbonyl (C=O) groups is 1. The molecule has 0 fully saturated rings. The molecule has 23 heavy (non-hydrogen) atoms. The first-order valence-electron chi connectivity index (χ1n) is 6.91. The van der Waals surface area contributed by atoms with Gasteiger partial charge in [-0.2, -0.15) is 0 Å². The van der Waals surface area contributed by atoms with Crippen LogP contribution >= 0.6 is 23.2 Å². The van der Waals surface area contributed by atoms with Gasteiger partial charge in [-0.15, -0.1) is 0 Å². The molecule has 1 N–H and O–H groups in total. The van der Waals surface area contributed by atoms with Crippen LogP contribution in [0, 0.1) is 0 Å². The number of carbonyl (C=O) groups excluding carboxylic acids is 1. The van der Waals surface area contributed by atoms with E-state index in [1.54, 1.807) is 24.3 Å². The van der Waals surface area contributed by atoms with Crippen molar-refractivity contribution in [1.82, 2.24) is 5.32 Å². The zero-order valence-electron chi connectivity index (χ0n) is 12.0. The van der Waals surface area contributed by atoms with E-state index in [0.29, 0.717) is 22.3 Å². The van der Waals surface area contributed by atoms with Crippen molar-refractivity contribution in [3.05, 3.63) is 63.6 Å². The molecule has 2 aromatic carbocycles. The van der Waals surface area contributed by atoms with Crippen molar-refractivity contribution >= 4 is 35.2 Å². The van der Waals surface area contributed by atoms with Gasteiger partial charge in [-0.25, -0.2) is 0 Å². The second kappa shape index (κ2) is 6.94. The summed E-state index contributed by atoms with van der Waals surface area (Å²) in [6, 6.07) is 10.7. The molecule has 4 nitrogen and oxygen atoms in total. The highest BCUT2D eigenvalue weighted by Gasteiger charge is 2.13. The summed E-state index contributed by atoms with van der Waals surface area (Å²) >= 11 is 11.8. The first kappa shape index (κ1) is 15.7. The number of benzene rings is 2. The first-order chi connectivity index (χ1) is 11.1. The van der Waals surface area contributed by atoms with Gasteiger partial charge in [0, 0.05) is 12.6 Å². The molecule has 1 aliphatic heterocycles. The maximum atomic E-state index is 11.9. The number of fused-ring (bicyclic) bond motifs is 1. The maximum Gasteiger partial charge on any atom is 0.244 e. The summed E-state index contributed by atoms with van der Waals surface area (Å²) in [5, 5.41) is 3.74. The van der Waals surface area contributed by atoms with Gasteiger partial charge in [0.25, 0.3) is 0 Å². The number of nitrogens with one attached hydrogen (secondary N) is 1. The van der Waals surface area contributed by atoms with Gasteiger partial charge in [-0.05, 0) is 41.5 Å². The normalized spacial score (nSPS) is 12.6. The number of rotatable bonds is 4. The first-order valence-corrected chi connectivity index (χ1v) is 7.67. The lowest BCUT2D eigenvalue weighted by Crippen LogP contribution is -2.20. The van der Waals surface area contributed by atoms with Crippen LogP contribution in [0.25, 0.3) is 6.08 Å². The smallest absolute Gasteiger partial charge is 0.244 e. The molecule has 0 spiro atoms. The Labute approximate surface area is 143 Å². The molecule has 2 aromatic rings. The van der Waals surface area contributed by atoms with Crippen LogP contribution in [0.2, 0.25) is 10.0 Å². The molecule has 1 aliphatic rings.